The third kappa shape index (κ3) is 3.06. The van der Waals surface area contributed by atoms with Crippen molar-refractivity contribution in [2.45, 2.75) is 25.7 Å². The fraction of sp³-hybridized carbons (Fsp3) is 0.600. The Morgan fingerprint density at radius 3 is 2.87 bits per heavy atom. The number of nitrogen functional groups attached to an aromatic ring is 1. The summed E-state index contributed by atoms with van der Waals surface area (Å²) in [6, 6.07) is 1.69. The van der Waals surface area contributed by atoms with Crippen LogP contribution in [0.4, 0.5) is 11.8 Å². The van der Waals surface area contributed by atoms with Gasteiger partial charge in [0.2, 0.25) is 5.95 Å². The Balaban J connectivity index is 1.81. The fourth-order valence-corrected chi connectivity index (χ4v) is 2.09. The van der Waals surface area contributed by atoms with Crippen molar-refractivity contribution in [3.8, 4) is 0 Å². The molecule has 5 heteroatoms. The molecule has 0 unspecified atom stereocenters. The van der Waals surface area contributed by atoms with E-state index in [1.165, 1.54) is 25.7 Å². The van der Waals surface area contributed by atoms with E-state index in [4.69, 9.17) is 5.73 Å². The molecule has 1 aromatic rings. The second kappa shape index (κ2) is 4.79. The van der Waals surface area contributed by atoms with Crippen molar-refractivity contribution in [2.75, 3.05) is 17.6 Å². The van der Waals surface area contributed by atoms with E-state index in [9.17, 15) is 0 Å². The van der Waals surface area contributed by atoms with E-state index in [1.807, 2.05) is 0 Å². The highest BCUT2D eigenvalue weighted by Gasteiger charge is 2.16. The summed E-state index contributed by atoms with van der Waals surface area (Å²) in [4.78, 5) is 8.29. The van der Waals surface area contributed by atoms with Gasteiger partial charge in [0.05, 0.1) is 0 Å². The largest absolute Gasteiger partial charge is 0.383 e. The number of nitrogens with two attached hydrogens (primary N) is 1. The highest BCUT2D eigenvalue weighted by atomic mass is 79.9. The van der Waals surface area contributed by atoms with Gasteiger partial charge in [-0.1, -0.05) is 19.3 Å². The fourth-order valence-electron chi connectivity index (χ4n) is 1.68. The molecule has 1 fully saturated rings. The Morgan fingerprint density at radius 1 is 1.47 bits per heavy atom. The van der Waals surface area contributed by atoms with Crippen molar-refractivity contribution in [3.05, 3.63) is 10.7 Å². The molecule has 3 N–H and O–H groups in total. The number of hydrogen-bond acceptors (Lipinski definition) is 4. The lowest BCUT2D eigenvalue weighted by Gasteiger charge is -2.25. The molecule has 1 aliphatic carbocycles. The maximum atomic E-state index is 5.61. The summed E-state index contributed by atoms with van der Waals surface area (Å²) in [5.74, 6) is 2.01. The molecule has 0 atom stereocenters. The summed E-state index contributed by atoms with van der Waals surface area (Å²) in [6.07, 6.45) is 5.35. The first-order valence-electron chi connectivity index (χ1n) is 5.28. The maximum Gasteiger partial charge on any atom is 0.225 e. The molecule has 0 saturated heterocycles. The van der Waals surface area contributed by atoms with Crippen molar-refractivity contribution >= 4 is 27.7 Å². The van der Waals surface area contributed by atoms with Gasteiger partial charge in [0.25, 0.3) is 0 Å². The highest BCUT2D eigenvalue weighted by molar-refractivity contribution is 9.10. The summed E-state index contributed by atoms with van der Waals surface area (Å²) in [5, 5.41) is 3.19. The summed E-state index contributed by atoms with van der Waals surface area (Å²) in [7, 11) is 0. The molecule has 1 aliphatic rings. The number of nitrogens with one attached hydrogen (secondary N) is 1. The molecule has 0 radical (unpaired) electrons. The van der Waals surface area contributed by atoms with Gasteiger partial charge in [-0.2, -0.15) is 4.98 Å². The van der Waals surface area contributed by atoms with E-state index >= 15 is 0 Å². The number of halogens is 1. The van der Waals surface area contributed by atoms with Crippen molar-refractivity contribution in [1.29, 1.82) is 0 Å². The van der Waals surface area contributed by atoms with Gasteiger partial charge in [-0.15, -0.1) is 0 Å². The Morgan fingerprint density at radius 2 is 2.27 bits per heavy atom. The Labute approximate surface area is 97.8 Å². The van der Waals surface area contributed by atoms with Crippen molar-refractivity contribution in [1.82, 2.24) is 9.97 Å². The number of nitrogens with zero attached hydrogens (tertiary/aromatic N) is 2. The molecule has 0 aromatic carbocycles. The summed E-state index contributed by atoms with van der Waals surface area (Å²) < 4.78 is 0.723. The van der Waals surface area contributed by atoms with Gasteiger partial charge in [0, 0.05) is 12.6 Å². The molecule has 0 amide bonds. The molecular weight excluding hydrogens is 256 g/mol. The molecule has 4 nitrogen and oxygen atoms in total. The van der Waals surface area contributed by atoms with E-state index < -0.39 is 0 Å². The van der Waals surface area contributed by atoms with Crippen LogP contribution >= 0.6 is 15.9 Å². The van der Waals surface area contributed by atoms with Crippen LogP contribution in [0, 0.1) is 5.92 Å². The lowest BCUT2D eigenvalue weighted by molar-refractivity contribution is 0.303. The van der Waals surface area contributed by atoms with Crippen molar-refractivity contribution in [3.63, 3.8) is 0 Å². The minimum atomic E-state index is 0.489. The van der Waals surface area contributed by atoms with Crippen LogP contribution in [0.5, 0.6) is 0 Å². The molecule has 0 bridgehead atoms. The molecule has 1 saturated carbocycles. The summed E-state index contributed by atoms with van der Waals surface area (Å²) in [6.45, 7) is 0.931. The Bertz CT molecular complexity index is 318. The predicted octanol–water partition coefficient (Wildman–Crippen LogP) is 2.42. The molecule has 1 heterocycles. The van der Waals surface area contributed by atoms with E-state index in [2.05, 4.69) is 31.2 Å². The quantitative estimate of drug-likeness (QED) is 0.825. The summed E-state index contributed by atoms with van der Waals surface area (Å²) in [5.41, 5.74) is 5.61. The minimum Gasteiger partial charge on any atom is -0.383 e. The average Bonchev–Trinajstić information content (AvgIpc) is 2.07. The number of anilines is 2. The molecule has 82 valence electrons. The number of rotatable bonds is 4. The van der Waals surface area contributed by atoms with Gasteiger partial charge in [0.15, 0.2) is 0 Å². The normalized spacial score (nSPS) is 16.1. The molecule has 0 aliphatic heterocycles. The third-order valence-electron chi connectivity index (χ3n) is 2.78. The molecule has 1 aromatic heterocycles. The SMILES string of the molecule is Nc1cc(Br)nc(NCCC2CCC2)n1. The lowest BCUT2D eigenvalue weighted by Crippen LogP contribution is -2.16. The third-order valence-corrected chi connectivity index (χ3v) is 3.18. The molecule has 2 rings (SSSR count). The molecule has 0 spiro atoms. The van der Waals surface area contributed by atoms with Crippen LogP contribution in [0.2, 0.25) is 0 Å². The van der Waals surface area contributed by atoms with E-state index in [1.54, 1.807) is 6.07 Å². The zero-order valence-corrected chi connectivity index (χ0v) is 10.1. The molecule has 15 heavy (non-hydrogen) atoms. The van der Waals surface area contributed by atoms with Gasteiger partial charge in [-0.05, 0) is 28.3 Å². The topological polar surface area (TPSA) is 63.8 Å². The van der Waals surface area contributed by atoms with Crippen LogP contribution in [0.15, 0.2) is 10.7 Å². The van der Waals surface area contributed by atoms with Crippen molar-refractivity contribution in [2.24, 2.45) is 5.92 Å². The number of hydrogen-bond donors (Lipinski definition) is 2. The van der Waals surface area contributed by atoms with Gasteiger partial charge in [0.1, 0.15) is 10.4 Å². The standard InChI is InChI=1S/C10H15BrN4/c11-8-6-9(12)15-10(14-8)13-5-4-7-2-1-3-7/h6-7H,1-5H2,(H3,12,13,14,15). The second-order valence-electron chi connectivity index (χ2n) is 3.95. The lowest BCUT2D eigenvalue weighted by atomic mass is 9.83. The zero-order chi connectivity index (χ0) is 10.7. The van der Waals surface area contributed by atoms with Crippen LogP contribution in [-0.2, 0) is 0 Å². The first-order valence-corrected chi connectivity index (χ1v) is 6.07. The second-order valence-corrected chi connectivity index (χ2v) is 4.76. The van der Waals surface area contributed by atoms with Gasteiger partial charge < -0.3 is 11.1 Å². The van der Waals surface area contributed by atoms with Gasteiger partial charge >= 0.3 is 0 Å². The van der Waals surface area contributed by atoms with Gasteiger partial charge in [-0.3, -0.25) is 0 Å². The van der Waals surface area contributed by atoms with E-state index in [0.29, 0.717) is 11.8 Å². The first-order chi connectivity index (χ1) is 7.24. The zero-order valence-electron chi connectivity index (χ0n) is 8.54. The van der Waals surface area contributed by atoms with Crippen LogP contribution in [0.3, 0.4) is 0 Å². The Kier molecular flexibility index (Phi) is 3.41. The smallest absolute Gasteiger partial charge is 0.225 e. The van der Waals surface area contributed by atoms with E-state index in [-0.39, 0.29) is 0 Å². The van der Waals surface area contributed by atoms with Crippen molar-refractivity contribution < 1.29 is 0 Å². The highest BCUT2D eigenvalue weighted by Crippen LogP contribution is 2.29. The Hall–Kier alpha value is -0.840. The average molecular weight is 271 g/mol. The van der Waals surface area contributed by atoms with Crippen LogP contribution < -0.4 is 11.1 Å². The van der Waals surface area contributed by atoms with Crippen LogP contribution in [-0.4, -0.2) is 16.5 Å². The number of aromatic nitrogens is 2. The van der Waals surface area contributed by atoms with Crippen LogP contribution in [0.1, 0.15) is 25.7 Å². The maximum absolute atomic E-state index is 5.61. The first kappa shape index (κ1) is 10.7. The molecular formula is C10H15BrN4. The monoisotopic (exact) mass is 270 g/mol. The summed E-state index contributed by atoms with van der Waals surface area (Å²) >= 11 is 3.29. The van der Waals surface area contributed by atoms with Gasteiger partial charge in [-0.25, -0.2) is 4.98 Å². The van der Waals surface area contributed by atoms with Crippen LogP contribution in [0.25, 0.3) is 0 Å². The predicted molar refractivity (Wildman–Crippen MR) is 64.6 cm³/mol. The minimum absolute atomic E-state index is 0.489. The van der Waals surface area contributed by atoms with E-state index in [0.717, 1.165) is 17.1 Å².